The number of nitrogens with zero attached hydrogens (tertiary/aromatic N) is 2. The smallest absolute Gasteiger partial charge is 0.119 e. The molecule has 0 N–H and O–H groups in total. The Morgan fingerprint density at radius 1 is 0.839 bits per heavy atom. The number of aromatic nitrogens is 2. The van der Waals surface area contributed by atoms with Gasteiger partial charge in [0.1, 0.15) is 23.4 Å². The quantitative estimate of drug-likeness (QED) is 0.272. The highest BCUT2D eigenvalue weighted by Gasteiger charge is 2.14. The highest BCUT2D eigenvalue weighted by atomic mass is 32.1. The van der Waals surface area contributed by atoms with Crippen molar-refractivity contribution in [2.45, 2.75) is 13.5 Å². The summed E-state index contributed by atoms with van der Waals surface area (Å²) >= 11 is 3.05. The molecule has 0 atom stereocenters. The van der Waals surface area contributed by atoms with Crippen molar-refractivity contribution in [3.63, 3.8) is 0 Å². The van der Waals surface area contributed by atoms with Gasteiger partial charge in [-0.15, -0.1) is 11.3 Å². The van der Waals surface area contributed by atoms with Crippen molar-refractivity contribution < 1.29 is 4.74 Å². The van der Waals surface area contributed by atoms with E-state index < -0.39 is 0 Å². The largest absolute Gasteiger partial charge is 0.489 e. The Morgan fingerprint density at radius 2 is 1.55 bits per heavy atom. The lowest BCUT2D eigenvalue weighted by Gasteiger charge is -2.09. The molecule has 152 valence electrons. The first-order chi connectivity index (χ1) is 15.2. The van der Waals surface area contributed by atoms with Gasteiger partial charge in [-0.25, -0.2) is 0 Å². The summed E-state index contributed by atoms with van der Waals surface area (Å²) in [6, 6.07) is 25.0. The van der Waals surface area contributed by atoms with E-state index in [-0.39, 0.29) is 0 Å². The summed E-state index contributed by atoms with van der Waals surface area (Å²) in [5.74, 6) is 0.842. The summed E-state index contributed by atoms with van der Waals surface area (Å²) in [6.07, 6.45) is 1.84. The fourth-order valence-electron chi connectivity index (χ4n) is 3.52. The SMILES string of the molecule is C=Cc1ccc(COc2ccc(-c3ccc(-c4ccc(C)s4)c4nsnc34)cc2)cc1. The summed E-state index contributed by atoms with van der Waals surface area (Å²) in [5.41, 5.74) is 7.49. The highest BCUT2D eigenvalue weighted by molar-refractivity contribution is 7.15. The first-order valence-corrected chi connectivity index (χ1v) is 11.5. The molecule has 0 aliphatic rings. The first-order valence-electron chi connectivity index (χ1n) is 9.98. The van der Waals surface area contributed by atoms with Crippen LogP contribution < -0.4 is 4.74 Å². The maximum atomic E-state index is 5.96. The lowest BCUT2D eigenvalue weighted by Crippen LogP contribution is -1.95. The third-order valence-electron chi connectivity index (χ3n) is 5.21. The van der Waals surface area contributed by atoms with Gasteiger partial charge in [0, 0.05) is 20.9 Å². The van der Waals surface area contributed by atoms with E-state index >= 15 is 0 Å². The minimum absolute atomic E-state index is 0.534. The van der Waals surface area contributed by atoms with E-state index in [2.05, 4.69) is 70.8 Å². The number of benzene rings is 3. The van der Waals surface area contributed by atoms with Crippen LogP contribution in [0.2, 0.25) is 0 Å². The molecule has 3 aromatic carbocycles. The van der Waals surface area contributed by atoms with Crippen molar-refractivity contribution in [1.82, 2.24) is 8.75 Å². The summed E-state index contributed by atoms with van der Waals surface area (Å²) in [4.78, 5) is 2.52. The average Bonchev–Trinajstić information content (AvgIpc) is 3.47. The summed E-state index contributed by atoms with van der Waals surface area (Å²) < 4.78 is 15.1. The van der Waals surface area contributed by atoms with Gasteiger partial charge in [0.05, 0.1) is 11.7 Å². The summed E-state index contributed by atoms with van der Waals surface area (Å²) in [6.45, 7) is 6.44. The molecule has 2 aromatic heterocycles. The minimum atomic E-state index is 0.534. The fourth-order valence-corrected chi connectivity index (χ4v) is 4.99. The minimum Gasteiger partial charge on any atom is -0.489 e. The maximum Gasteiger partial charge on any atom is 0.119 e. The Bertz CT molecular complexity index is 1350. The molecule has 0 fully saturated rings. The number of hydrogen-bond donors (Lipinski definition) is 0. The molecule has 5 rings (SSSR count). The zero-order chi connectivity index (χ0) is 21.2. The Morgan fingerprint density at radius 3 is 2.23 bits per heavy atom. The molecule has 3 nitrogen and oxygen atoms in total. The molecule has 0 saturated carbocycles. The van der Waals surface area contributed by atoms with Gasteiger partial charge in [-0.3, -0.25) is 0 Å². The zero-order valence-electron chi connectivity index (χ0n) is 17.0. The van der Waals surface area contributed by atoms with Crippen molar-refractivity contribution in [3.8, 4) is 27.3 Å². The molecular weight excluding hydrogens is 420 g/mol. The van der Waals surface area contributed by atoms with Gasteiger partial charge < -0.3 is 4.74 Å². The van der Waals surface area contributed by atoms with Crippen molar-refractivity contribution in [2.24, 2.45) is 0 Å². The molecular formula is C26H20N2OS2. The van der Waals surface area contributed by atoms with Crippen molar-refractivity contribution in [3.05, 3.63) is 95.4 Å². The van der Waals surface area contributed by atoms with Crippen molar-refractivity contribution in [2.75, 3.05) is 0 Å². The predicted octanol–water partition coefficient (Wildman–Crippen LogP) is 7.62. The van der Waals surface area contributed by atoms with Crippen LogP contribution in [0.15, 0.2) is 79.4 Å². The number of thiophene rings is 1. The molecule has 0 amide bonds. The summed E-state index contributed by atoms with van der Waals surface area (Å²) in [5, 5.41) is 0. The standard InChI is InChI=1S/C26H20N2OS2/c1-3-18-5-7-19(8-6-18)16-29-21-11-9-20(10-12-21)22-13-14-23(24-15-4-17(2)30-24)26-25(22)27-31-28-26/h3-15H,1,16H2,2H3. The highest BCUT2D eigenvalue weighted by Crippen LogP contribution is 2.37. The second-order valence-electron chi connectivity index (χ2n) is 7.29. The topological polar surface area (TPSA) is 35.0 Å². The molecule has 0 bridgehead atoms. The molecule has 0 aliphatic carbocycles. The van der Waals surface area contributed by atoms with E-state index in [9.17, 15) is 0 Å². The summed E-state index contributed by atoms with van der Waals surface area (Å²) in [7, 11) is 0. The second kappa shape index (κ2) is 8.46. The van der Waals surface area contributed by atoms with Gasteiger partial charge >= 0.3 is 0 Å². The Kier molecular flexibility index (Phi) is 5.37. The van der Waals surface area contributed by atoms with Crippen LogP contribution in [0.5, 0.6) is 5.75 Å². The van der Waals surface area contributed by atoms with Crippen LogP contribution in [0.25, 0.3) is 38.7 Å². The number of fused-ring (bicyclic) bond motifs is 1. The van der Waals surface area contributed by atoms with Crippen LogP contribution in [0, 0.1) is 6.92 Å². The average molecular weight is 441 g/mol. The van der Waals surface area contributed by atoms with Gasteiger partial charge in [-0.05, 0) is 47.9 Å². The Balaban J connectivity index is 1.38. The third-order valence-corrected chi connectivity index (χ3v) is 6.77. The molecule has 0 spiro atoms. The van der Waals surface area contributed by atoms with Gasteiger partial charge in [-0.2, -0.15) is 8.75 Å². The molecule has 2 heterocycles. The monoisotopic (exact) mass is 440 g/mol. The molecule has 5 heteroatoms. The van der Waals surface area contributed by atoms with Crippen LogP contribution in [0.3, 0.4) is 0 Å². The van der Waals surface area contributed by atoms with Crippen molar-refractivity contribution >= 4 is 40.2 Å². The van der Waals surface area contributed by atoms with E-state index in [1.54, 1.807) is 11.3 Å². The number of ether oxygens (including phenoxy) is 1. The first kappa shape index (κ1) is 19.7. The van der Waals surface area contributed by atoms with E-state index in [1.165, 1.54) is 21.5 Å². The molecule has 5 aromatic rings. The van der Waals surface area contributed by atoms with Gasteiger partial charge in [0.25, 0.3) is 0 Å². The fraction of sp³-hybridized carbons (Fsp3) is 0.0769. The second-order valence-corrected chi connectivity index (χ2v) is 9.11. The molecule has 31 heavy (non-hydrogen) atoms. The van der Waals surface area contributed by atoms with Crippen LogP contribution in [-0.2, 0) is 6.61 Å². The lowest BCUT2D eigenvalue weighted by molar-refractivity contribution is 0.306. The molecule has 0 radical (unpaired) electrons. The number of aryl methyl sites for hydroxylation is 1. The zero-order valence-corrected chi connectivity index (χ0v) is 18.7. The van der Waals surface area contributed by atoms with E-state index in [0.717, 1.165) is 44.6 Å². The lowest BCUT2D eigenvalue weighted by atomic mass is 10.0. The molecule has 0 unspecified atom stereocenters. The normalized spacial score (nSPS) is 11.0. The predicted molar refractivity (Wildman–Crippen MR) is 132 cm³/mol. The van der Waals surface area contributed by atoms with Crippen LogP contribution in [0.1, 0.15) is 16.0 Å². The van der Waals surface area contributed by atoms with Crippen molar-refractivity contribution in [1.29, 1.82) is 0 Å². The van der Waals surface area contributed by atoms with E-state index in [0.29, 0.717) is 6.61 Å². The number of rotatable bonds is 6. The maximum absolute atomic E-state index is 5.96. The Hall–Kier alpha value is -3.28. The third kappa shape index (κ3) is 4.02. The van der Waals surface area contributed by atoms with E-state index in [1.807, 2.05) is 30.3 Å². The van der Waals surface area contributed by atoms with Crippen LogP contribution in [0.4, 0.5) is 0 Å². The molecule has 0 saturated heterocycles. The van der Waals surface area contributed by atoms with Gasteiger partial charge in [-0.1, -0.05) is 61.2 Å². The van der Waals surface area contributed by atoms with Gasteiger partial charge in [0.15, 0.2) is 0 Å². The van der Waals surface area contributed by atoms with Crippen LogP contribution in [-0.4, -0.2) is 8.75 Å². The number of hydrogen-bond acceptors (Lipinski definition) is 5. The van der Waals surface area contributed by atoms with Gasteiger partial charge in [0.2, 0.25) is 0 Å². The van der Waals surface area contributed by atoms with E-state index in [4.69, 9.17) is 4.74 Å². The van der Waals surface area contributed by atoms with Crippen LogP contribution >= 0.6 is 23.1 Å². The Labute approximate surface area is 189 Å². The molecule has 0 aliphatic heterocycles.